The highest BCUT2D eigenvalue weighted by molar-refractivity contribution is 5.95. The Hall–Kier alpha value is -3.94. The molecule has 8 heteroatoms. The average molecular weight is 418 g/mol. The zero-order valence-corrected chi connectivity index (χ0v) is 18.0. The fraction of sp³-hybridized carbons (Fsp3) is 0.217. The highest BCUT2D eigenvalue weighted by atomic mass is 16.6. The Morgan fingerprint density at radius 3 is 2.16 bits per heavy atom. The first-order chi connectivity index (χ1) is 14.6. The second-order valence-corrected chi connectivity index (χ2v) is 7.92. The molecule has 8 nitrogen and oxygen atoms in total. The van der Waals surface area contributed by atoms with Crippen molar-refractivity contribution in [2.75, 3.05) is 0 Å². The molecular weight excluding hydrogens is 396 g/mol. The van der Waals surface area contributed by atoms with E-state index in [9.17, 15) is 19.7 Å². The molecule has 0 N–H and O–H groups in total. The Bertz CT molecular complexity index is 1480. The van der Waals surface area contributed by atoms with Crippen molar-refractivity contribution in [2.24, 2.45) is 14.1 Å². The van der Waals surface area contributed by atoms with Crippen LogP contribution in [-0.2, 0) is 14.1 Å². The van der Waals surface area contributed by atoms with E-state index in [2.05, 4.69) is 0 Å². The number of fused-ring (bicyclic) bond motifs is 1. The van der Waals surface area contributed by atoms with E-state index in [0.717, 1.165) is 21.4 Å². The second kappa shape index (κ2) is 7.09. The van der Waals surface area contributed by atoms with Crippen molar-refractivity contribution in [2.45, 2.75) is 20.8 Å². The minimum atomic E-state index is -0.445. The summed E-state index contributed by atoms with van der Waals surface area (Å²) in [6.45, 7) is 5.63. The summed E-state index contributed by atoms with van der Waals surface area (Å²) in [5, 5.41) is 11.9. The van der Waals surface area contributed by atoms with Gasteiger partial charge in [-0.05, 0) is 44.0 Å². The minimum absolute atomic E-state index is 0.0273. The summed E-state index contributed by atoms with van der Waals surface area (Å²) >= 11 is 0. The van der Waals surface area contributed by atoms with E-state index < -0.39 is 16.2 Å². The van der Waals surface area contributed by atoms with Crippen molar-refractivity contribution in [3.63, 3.8) is 0 Å². The third-order valence-electron chi connectivity index (χ3n) is 5.60. The van der Waals surface area contributed by atoms with Crippen molar-refractivity contribution in [1.82, 2.24) is 13.7 Å². The van der Waals surface area contributed by atoms with Crippen LogP contribution in [0.15, 0.2) is 52.2 Å². The average Bonchev–Trinajstić information content (AvgIpc) is 3.11. The van der Waals surface area contributed by atoms with Gasteiger partial charge in [0.15, 0.2) is 0 Å². The lowest BCUT2D eigenvalue weighted by molar-refractivity contribution is -0.385. The van der Waals surface area contributed by atoms with Crippen LogP contribution in [0.25, 0.3) is 27.8 Å². The van der Waals surface area contributed by atoms with E-state index in [4.69, 9.17) is 0 Å². The van der Waals surface area contributed by atoms with Gasteiger partial charge in [0, 0.05) is 43.2 Å². The van der Waals surface area contributed by atoms with Crippen molar-refractivity contribution in [3.8, 4) is 16.9 Å². The molecule has 158 valence electrons. The number of nitro groups is 1. The third kappa shape index (κ3) is 3.16. The Morgan fingerprint density at radius 1 is 0.903 bits per heavy atom. The molecule has 0 saturated carbocycles. The van der Waals surface area contributed by atoms with Crippen LogP contribution in [0.5, 0.6) is 0 Å². The zero-order valence-electron chi connectivity index (χ0n) is 18.0. The molecule has 0 atom stereocenters. The molecule has 0 unspecified atom stereocenters. The van der Waals surface area contributed by atoms with Crippen LogP contribution in [-0.4, -0.2) is 18.6 Å². The molecule has 0 radical (unpaired) electrons. The summed E-state index contributed by atoms with van der Waals surface area (Å²) < 4.78 is 4.31. The fourth-order valence-corrected chi connectivity index (χ4v) is 4.07. The molecule has 2 aromatic carbocycles. The lowest BCUT2D eigenvalue weighted by Crippen LogP contribution is -2.36. The molecule has 0 aliphatic rings. The molecule has 0 amide bonds. The number of aromatic nitrogens is 3. The van der Waals surface area contributed by atoms with Gasteiger partial charge in [0.2, 0.25) is 0 Å². The van der Waals surface area contributed by atoms with Gasteiger partial charge in [0.05, 0.1) is 21.5 Å². The molecule has 0 saturated heterocycles. The molecule has 0 fully saturated rings. The van der Waals surface area contributed by atoms with Crippen LogP contribution in [0, 0.1) is 30.9 Å². The molecule has 2 aromatic heterocycles. The van der Waals surface area contributed by atoms with Crippen molar-refractivity contribution >= 4 is 16.6 Å². The Morgan fingerprint density at radius 2 is 1.55 bits per heavy atom. The maximum absolute atomic E-state index is 13.2. The van der Waals surface area contributed by atoms with Gasteiger partial charge in [-0.25, -0.2) is 4.79 Å². The molecule has 0 spiro atoms. The smallest absolute Gasteiger partial charge is 0.314 e. The summed E-state index contributed by atoms with van der Waals surface area (Å²) in [5.74, 6) is 0. The van der Waals surface area contributed by atoms with Gasteiger partial charge >= 0.3 is 5.69 Å². The highest BCUT2D eigenvalue weighted by Gasteiger charge is 2.22. The third-order valence-corrected chi connectivity index (χ3v) is 5.60. The Kier molecular flexibility index (Phi) is 4.65. The van der Waals surface area contributed by atoms with Crippen molar-refractivity contribution < 1.29 is 4.92 Å². The molecule has 0 aliphatic heterocycles. The SMILES string of the molecule is Cc1cc(C)cc(-n2cc3c(c2-c2ccc(C)c([N+](=O)[O-])c2)c(=O)n(C)c(=O)n3C)c1. The number of hydrogen-bond donors (Lipinski definition) is 0. The highest BCUT2D eigenvalue weighted by Crippen LogP contribution is 2.34. The molecule has 0 aliphatic carbocycles. The lowest BCUT2D eigenvalue weighted by Gasteiger charge is -2.12. The molecule has 0 bridgehead atoms. The first-order valence-corrected chi connectivity index (χ1v) is 9.75. The fourth-order valence-electron chi connectivity index (χ4n) is 4.07. The van der Waals surface area contributed by atoms with Gasteiger partial charge in [-0.1, -0.05) is 18.2 Å². The molecule has 31 heavy (non-hydrogen) atoms. The Balaban J connectivity index is 2.22. The monoisotopic (exact) mass is 418 g/mol. The molecule has 4 rings (SSSR count). The lowest BCUT2D eigenvalue weighted by atomic mass is 10.0. The maximum atomic E-state index is 13.2. The van der Waals surface area contributed by atoms with Crippen LogP contribution < -0.4 is 11.2 Å². The number of nitro benzene ring substituents is 1. The summed E-state index contributed by atoms with van der Waals surface area (Å²) in [5.41, 5.74) is 4.01. The number of aryl methyl sites for hydroxylation is 4. The molecule has 4 aromatic rings. The molecular formula is C23H22N4O4. The van der Waals surface area contributed by atoms with Crippen LogP contribution in [0.1, 0.15) is 16.7 Å². The zero-order chi connectivity index (χ0) is 22.6. The number of nitrogens with zero attached hydrogens (tertiary/aromatic N) is 4. The van der Waals surface area contributed by atoms with Crippen molar-refractivity contribution in [3.05, 3.63) is 90.2 Å². The van der Waals surface area contributed by atoms with Gasteiger partial charge < -0.3 is 4.57 Å². The van der Waals surface area contributed by atoms with Gasteiger partial charge in [0.1, 0.15) is 0 Å². The normalized spacial score (nSPS) is 11.3. The molecule has 2 heterocycles. The topological polar surface area (TPSA) is 92.1 Å². The van der Waals surface area contributed by atoms with E-state index >= 15 is 0 Å². The number of hydrogen-bond acceptors (Lipinski definition) is 4. The first kappa shape index (κ1) is 20.3. The van der Waals surface area contributed by atoms with Gasteiger partial charge in [0.25, 0.3) is 11.2 Å². The van der Waals surface area contributed by atoms with E-state index in [1.54, 1.807) is 32.3 Å². The van der Waals surface area contributed by atoms with Crippen LogP contribution in [0.3, 0.4) is 0 Å². The Labute approximate surface area is 177 Å². The quantitative estimate of drug-likeness (QED) is 0.376. The predicted molar refractivity (Wildman–Crippen MR) is 120 cm³/mol. The van der Waals surface area contributed by atoms with Crippen molar-refractivity contribution in [1.29, 1.82) is 0 Å². The van der Waals surface area contributed by atoms with Crippen LogP contribution >= 0.6 is 0 Å². The summed E-state index contributed by atoms with van der Waals surface area (Å²) in [6.07, 6.45) is 1.74. The first-order valence-electron chi connectivity index (χ1n) is 9.75. The summed E-state index contributed by atoms with van der Waals surface area (Å²) in [4.78, 5) is 36.8. The summed E-state index contributed by atoms with van der Waals surface area (Å²) in [7, 11) is 3.04. The van der Waals surface area contributed by atoms with E-state index in [0.29, 0.717) is 27.7 Å². The number of rotatable bonds is 3. The standard InChI is InChI=1S/C23H22N4O4/c1-13-8-14(2)10-17(9-13)26-12-19-20(22(28)25(5)23(29)24(19)4)21(26)16-7-6-15(3)18(11-16)27(30)31/h6-12H,1-5H3. The van der Waals surface area contributed by atoms with E-state index in [1.807, 2.05) is 36.6 Å². The summed E-state index contributed by atoms with van der Waals surface area (Å²) in [6, 6.07) is 10.9. The van der Waals surface area contributed by atoms with E-state index in [-0.39, 0.29) is 5.69 Å². The van der Waals surface area contributed by atoms with Gasteiger partial charge in [-0.3, -0.25) is 24.0 Å². The van der Waals surface area contributed by atoms with Crippen LogP contribution in [0.2, 0.25) is 0 Å². The largest absolute Gasteiger partial charge is 0.330 e. The van der Waals surface area contributed by atoms with Crippen LogP contribution in [0.4, 0.5) is 5.69 Å². The minimum Gasteiger partial charge on any atom is -0.314 e. The predicted octanol–water partition coefficient (Wildman–Crippen LogP) is 3.53. The van der Waals surface area contributed by atoms with Gasteiger partial charge in [-0.15, -0.1) is 0 Å². The number of benzene rings is 2. The van der Waals surface area contributed by atoms with E-state index in [1.165, 1.54) is 17.7 Å². The van der Waals surface area contributed by atoms with Gasteiger partial charge in [-0.2, -0.15) is 0 Å². The maximum Gasteiger partial charge on any atom is 0.330 e. The second-order valence-electron chi connectivity index (χ2n) is 7.92.